The van der Waals surface area contributed by atoms with Crippen LogP contribution in [0.2, 0.25) is 0 Å². The monoisotopic (exact) mass is 250 g/mol. The van der Waals surface area contributed by atoms with E-state index in [-0.39, 0.29) is 5.92 Å². The van der Waals surface area contributed by atoms with Gasteiger partial charge in [-0.25, -0.2) is 0 Å². The van der Waals surface area contributed by atoms with Gasteiger partial charge in [-0.3, -0.25) is 0 Å². The highest BCUT2D eigenvalue weighted by molar-refractivity contribution is 5.26. The number of hydrogen-bond acceptors (Lipinski definition) is 2. The molecule has 0 aliphatic heterocycles. The SMILES string of the molecule is COCC(O)(Cc1ccc(C(C)C)cc1)C(C)C. The largest absolute Gasteiger partial charge is 0.387 e. The molecule has 0 fully saturated rings. The number of hydrogen-bond donors (Lipinski definition) is 1. The van der Waals surface area contributed by atoms with Gasteiger partial charge >= 0.3 is 0 Å². The Bertz CT molecular complexity index is 354. The lowest BCUT2D eigenvalue weighted by Crippen LogP contribution is -2.42. The molecule has 0 saturated carbocycles. The Morgan fingerprint density at radius 3 is 2.06 bits per heavy atom. The van der Waals surface area contributed by atoms with E-state index in [9.17, 15) is 5.11 Å². The normalized spacial score (nSPS) is 15.1. The predicted molar refractivity (Wildman–Crippen MR) is 75.9 cm³/mol. The average molecular weight is 250 g/mol. The molecule has 0 heterocycles. The van der Waals surface area contributed by atoms with Gasteiger partial charge in [-0.15, -0.1) is 0 Å². The molecule has 0 bridgehead atoms. The fraction of sp³-hybridized carbons (Fsp3) is 0.625. The van der Waals surface area contributed by atoms with Gasteiger partial charge in [-0.2, -0.15) is 0 Å². The second kappa shape index (κ2) is 6.35. The average Bonchev–Trinajstić information content (AvgIpc) is 2.29. The zero-order chi connectivity index (χ0) is 13.8. The van der Waals surface area contributed by atoms with Crippen molar-refractivity contribution >= 4 is 0 Å². The molecule has 1 aromatic carbocycles. The number of ether oxygens (including phenoxy) is 1. The van der Waals surface area contributed by atoms with Gasteiger partial charge in [-0.05, 0) is 23.0 Å². The van der Waals surface area contributed by atoms with Gasteiger partial charge in [-0.1, -0.05) is 52.0 Å². The highest BCUT2D eigenvalue weighted by Gasteiger charge is 2.31. The Morgan fingerprint density at radius 1 is 1.11 bits per heavy atom. The van der Waals surface area contributed by atoms with Crippen molar-refractivity contribution in [2.75, 3.05) is 13.7 Å². The maximum atomic E-state index is 10.6. The van der Waals surface area contributed by atoms with Gasteiger partial charge in [0.25, 0.3) is 0 Å². The fourth-order valence-electron chi connectivity index (χ4n) is 2.05. The first kappa shape index (κ1) is 15.2. The van der Waals surface area contributed by atoms with Gasteiger partial charge in [0.1, 0.15) is 0 Å². The highest BCUT2D eigenvalue weighted by Crippen LogP contribution is 2.24. The van der Waals surface area contributed by atoms with Crippen LogP contribution in [0.3, 0.4) is 0 Å². The van der Waals surface area contributed by atoms with Crippen LogP contribution in [0.15, 0.2) is 24.3 Å². The van der Waals surface area contributed by atoms with Gasteiger partial charge in [0.05, 0.1) is 12.2 Å². The van der Waals surface area contributed by atoms with Gasteiger partial charge < -0.3 is 9.84 Å². The predicted octanol–water partition coefficient (Wildman–Crippen LogP) is 3.39. The molecule has 0 aromatic heterocycles. The number of benzene rings is 1. The zero-order valence-electron chi connectivity index (χ0n) is 12.2. The van der Waals surface area contributed by atoms with Crippen LogP contribution >= 0.6 is 0 Å². The van der Waals surface area contributed by atoms with E-state index in [0.717, 1.165) is 5.56 Å². The second-order valence-electron chi connectivity index (χ2n) is 5.76. The maximum absolute atomic E-state index is 10.6. The zero-order valence-corrected chi connectivity index (χ0v) is 12.2. The summed E-state index contributed by atoms with van der Waals surface area (Å²) in [7, 11) is 1.63. The van der Waals surface area contributed by atoms with Crippen molar-refractivity contribution in [3.63, 3.8) is 0 Å². The van der Waals surface area contributed by atoms with Crippen LogP contribution in [0.1, 0.15) is 44.7 Å². The molecule has 1 atom stereocenters. The third-order valence-electron chi connectivity index (χ3n) is 3.63. The van der Waals surface area contributed by atoms with Crippen LogP contribution in [-0.4, -0.2) is 24.4 Å². The molecular weight excluding hydrogens is 224 g/mol. The van der Waals surface area contributed by atoms with E-state index in [1.807, 2.05) is 13.8 Å². The highest BCUT2D eigenvalue weighted by atomic mass is 16.5. The minimum absolute atomic E-state index is 0.169. The van der Waals surface area contributed by atoms with E-state index >= 15 is 0 Å². The van der Waals surface area contributed by atoms with E-state index in [4.69, 9.17) is 4.74 Å². The van der Waals surface area contributed by atoms with Crippen molar-refractivity contribution in [3.05, 3.63) is 35.4 Å². The van der Waals surface area contributed by atoms with Gasteiger partial charge in [0.2, 0.25) is 0 Å². The molecule has 0 saturated heterocycles. The van der Waals surface area contributed by atoms with Crippen molar-refractivity contribution < 1.29 is 9.84 Å². The lowest BCUT2D eigenvalue weighted by Gasteiger charge is -2.31. The minimum Gasteiger partial charge on any atom is -0.387 e. The van der Waals surface area contributed by atoms with Crippen molar-refractivity contribution in [3.8, 4) is 0 Å². The molecule has 0 aliphatic rings. The molecule has 2 heteroatoms. The van der Waals surface area contributed by atoms with Crippen molar-refractivity contribution in [2.45, 2.75) is 45.6 Å². The lowest BCUT2D eigenvalue weighted by atomic mass is 9.84. The summed E-state index contributed by atoms with van der Waals surface area (Å²) in [5, 5.41) is 10.6. The molecular formula is C16H26O2. The summed E-state index contributed by atoms with van der Waals surface area (Å²) in [6, 6.07) is 8.51. The van der Waals surface area contributed by atoms with Crippen LogP contribution < -0.4 is 0 Å². The quantitative estimate of drug-likeness (QED) is 0.838. The third-order valence-corrected chi connectivity index (χ3v) is 3.63. The summed E-state index contributed by atoms with van der Waals surface area (Å²) in [6.45, 7) is 8.80. The van der Waals surface area contributed by atoms with E-state index in [2.05, 4.69) is 38.1 Å². The Labute approximate surface area is 111 Å². The molecule has 1 rings (SSSR count). The Kier molecular flexibility index (Phi) is 5.36. The fourth-order valence-corrected chi connectivity index (χ4v) is 2.05. The van der Waals surface area contributed by atoms with Gasteiger partial charge in [0, 0.05) is 13.5 Å². The molecule has 102 valence electrons. The van der Waals surface area contributed by atoms with Crippen LogP contribution in [-0.2, 0) is 11.2 Å². The summed E-state index contributed by atoms with van der Waals surface area (Å²) in [5.74, 6) is 0.712. The molecule has 1 unspecified atom stereocenters. The first-order valence-corrected chi connectivity index (χ1v) is 6.69. The first-order chi connectivity index (χ1) is 8.39. The van der Waals surface area contributed by atoms with Gasteiger partial charge in [0.15, 0.2) is 0 Å². The molecule has 2 nitrogen and oxygen atoms in total. The Balaban J connectivity index is 2.81. The molecule has 1 aromatic rings. The summed E-state index contributed by atoms with van der Waals surface area (Å²) in [5.41, 5.74) is 1.71. The topological polar surface area (TPSA) is 29.5 Å². The van der Waals surface area contributed by atoms with Crippen molar-refractivity contribution in [1.29, 1.82) is 0 Å². The first-order valence-electron chi connectivity index (χ1n) is 6.69. The third kappa shape index (κ3) is 3.82. The molecule has 0 aliphatic carbocycles. The molecule has 0 spiro atoms. The number of methoxy groups -OCH3 is 1. The van der Waals surface area contributed by atoms with Crippen LogP contribution in [0.25, 0.3) is 0 Å². The Hall–Kier alpha value is -0.860. The Morgan fingerprint density at radius 2 is 1.67 bits per heavy atom. The standard InChI is InChI=1S/C16H26O2/c1-12(2)15-8-6-14(7-9-15)10-16(17,11-18-5)13(3)4/h6-9,12-13,17H,10-11H2,1-5H3. The summed E-state index contributed by atoms with van der Waals surface area (Å²) in [6.07, 6.45) is 0.636. The lowest BCUT2D eigenvalue weighted by molar-refractivity contribution is -0.0637. The molecule has 1 N–H and O–H groups in total. The van der Waals surface area contributed by atoms with Crippen molar-refractivity contribution in [2.24, 2.45) is 5.92 Å². The summed E-state index contributed by atoms with van der Waals surface area (Å²) < 4.78 is 5.15. The number of rotatable bonds is 6. The second-order valence-corrected chi connectivity index (χ2v) is 5.76. The molecule has 18 heavy (non-hydrogen) atoms. The minimum atomic E-state index is -0.784. The maximum Gasteiger partial charge on any atom is 0.0942 e. The van der Waals surface area contributed by atoms with Crippen LogP contribution in [0, 0.1) is 5.92 Å². The smallest absolute Gasteiger partial charge is 0.0942 e. The molecule has 0 radical (unpaired) electrons. The number of aliphatic hydroxyl groups is 1. The summed E-state index contributed by atoms with van der Waals surface area (Å²) in [4.78, 5) is 0. The van der Waals surface area contributed by atoms with E-state index in [1.54, 1.807) is 7.11 Å². The molecule has 0 amide bonds. The van der Waals surface area contributed by atoms with Crippen LogP contribution in [0.5, 0.6) is 0 Å². The van der Waals surface area contributed by atoms with E-state index < -0.39 is 5.60 Å². The van der Waals surface area contributed by atoms with Crippen LogP contribution in [0.4, 0.5) is 0 Å². The summed E-state index contributed by atoms with van der Waals surface area (Å²) >= 11 is 0. The van der Waals surface area contributed by atoms with Crippen molar-refractivity contribution in [1.82, 2.24) is 0 Å². The van der Waals surface area contributed by atoms with E-state index in [1.165, 1.54) is 5.56 Å². The van der Waals surface area contributed by atoms with E-state index in [0.29, 0.717) is 18.9 Å².